The number of hydrogen-bond acceptors (Lipinski definition) is 2. The van der Waals surface area contributed by atoms with E-state index in [1.165, 1.54) is 0 Å². The van der Waals surface area contributed by atoms with Gasteiger partial charge in [0.2, 0.25) is 0 Å². The van der Waals surface area contributed by atoms with Crippen LogP contribution in [0.1, 0.15) is 15.9 Å². The number of hydrogen-bond donors (Lipinski definition) is 0. The predicted octanol–water partition coefficient (Wildman–Crippen LogP) is 5.40. The van der Waals surface area contributed by atoms with Crippen molar-refractivity contribution in [1.29, 1.82) is 0 Å². The Morgan fingerprint density at radius 3 is 2.57 bits per heavy atom. The number of ether oxygens (including phenoxy) is 1. The lowest BCUT2D eigenvalue weighted by atomic mass is 10.1. The van der Waals surface area contributed by atoms with Gasteiger partial charge in [-0.3, -0.25) is 4.79 Å². The molecular weight excluding hydrogens is 308 g/mol. The van der Waals surface area contributed by atoms with Crippen molar-refractivity contribution < 1.29 is 9.53 Å². The highest BCUT2D eigenvalue weighted by molar-refractivity contribution is 6.31. The van der Waals surface area contributed by atoms with E-state index in [1.807, 2.05) is 42.5 Å². The number of benzene rings is 3. The molecule has 0 aliphatic carbocycles. The van der Waals surface area contributed by atoms with Gasteiger partial charge in [0.05, 0.1) is 7.11 Å². The van der Waals surface area contributed by atoms with Crippen molar-refractivity contribution in [2.45, 2.75) is 0 Å². The lowest BCUT2D eigenvalue weighted by Crippen LogP contribution is -1.93. The molecule has 3 aromatic carbocycles. The molecule has 0 N–H and O–H groups in total. The number of fused-ring (bicyclic) bond motifs is 1. The summed E-state index contributed by atoms with van der Waals surface area (Å²) in [5.74, 6) is 0.763. The lowest BCUT2D eigenvalue weighted by molar-refractivity contribution is 0.104. The number of rotatable bonds is 4. The van der Waals surface area contributed by atoms with Crippen LogP contribution < -0.4 is 4.74 Å². The van der Waals surface area contributed by atoms with Crippen molar-refractivity contribution in [3.63, 3.8) is 0 Å². The predicted molar refractivity (Wildman–Crippen MR) is 95.3 cm³/mol. The van der Waals surface area contributed by atoms with Crippen molar-refractivity contribution in [3.8, 4) is 5.75 Å². The minimum Gasteiger partial charge on any atom is -0.497 e. The Kier molecular flexibility index (Phi) is 4.45. The Balaban J connectivity index is 1.84. The highest BCUT2D eigenvalue weighted by atomic mass is 35.5. The summed E-state index contributed by atoms with van der Waals surface area (Å²) in [6.45, 7) is 0. The van der Waals surface area contributed by atoms with E-state index in [0.29, 0.717) is 10.6 Å². The first kappa shape index (κ1) is 15.3. The first-order valence-electron chi connectivity index (χ1n) is 7.21. The third kappa shape index (κ3) is 3.61. The normalized spacial score (nSPS) is 11.0. The van der Waals surface area contributed by atoms with E-state index in [-0.39, 0.29) is 5.78 Å². The molecule has 23 heavy (non-hydrogen) atoms. The van der Waals surface area contributed by atoms with E-state index >= 15 is 0 Å². The van der Waals surface area contributed by atoms with Gasteiger partial charge >= 0.3 is 0 Å². The fraction of sp³-hybridized carbons (Fsp3) is 0.0500. The third-order valence-corrected chi connectivity index (χ3v) is 3.84. The van der Waals surface area contributed by atoms with Gasteiger partial charge < -0.3 is 4.74 Å². The van der Waals surface area contributed by atoms with E-state index in [0.717, 1.165) is 22.1 Å². The van der Waals surface area contributed by atoms with Crippen LogP contribution in [-0.2, 0) is 0 Å². The smallest absolute Gasteiger partial charge is 0.185 e. The molecule has 0 bridgehead atoms. The van der Waals surface area contributed by atoms with E-state index in [9.17, 15) is 4.79 Å². The second kappa shape index (κ2) is 6.67. The average molecular weight is 323 g/mol. The molecule has 0 aliphatic heterocycles. The fourth-order valence-corrected chi connectivity index (χ4v) is 2.57. The van der Waals surface area contributed by atoms with Gasteiger partial charge in [-0.25, -0.2) is 0 Å². The van der Waals surface area contributed by atoms with Crippen molar-refractivity contribution in [2.75, 3.05) is 7.11 Å². The van der Waals surface area contributed by atoms with Crippen LogP contribution in [0.2, 0.25) is 5.02 Å². The zero-order valence-corrected chi connectivity index (χ0v) is 13.4. The van der Waals surface area contributed by atoms with Crippen LogP contribution in [0.4, 0.5) is 0 Å². The van der Waals surface area contributed by atoms with E-state index in [4.69, 9.17) is 16.3 Å². The molecule has 0 aromatic heterocycles. The summed E-state index contributed by atoms with van der Waals surface area (Å²) >= 11 is 5.91. The molecule has 0 unspecified atom stereocenters. The Morgan fingerprint density at radius 2 is 1.78 bits per heavy atom. The number of carbonyl (C=O) groups is 1. The largest absolute Gasteiger partial charge is 0.497 e. The van der Waals surface area contributed by atoms with Crippen molar-refractivity contribution in [1.82, 2.24) is 0 Å². The maximum Gasteiger partial charge on any atom is 0.185 e. The lowest BCUT2D eigenvalue weighted by Gasteiger charge is -2.03. The van der Waals surface area contributed by atoms with Crippen LogP contribution in [0, 0.1) is 0 Å². The minimum atomic E-state index is -0.0673. The first-order chi connectivity index (χ1) is 11.2. The molecule has 3 rings (SSSR count). The number of methoxy groups -OCH3 is 1. The van der Waals surface area contributed by atoms with Gasteiger partial charge in [-0.05, 0) is 52.7 Å². The van der Waals surface area contributed by atoms with Gasteiger partial charge in [0, 0.05) is 10.6 Å². The maximum absolute atomic E-state index is 12.2. The average Bonchev–Trinajstić information content (AvgIpc) is 2.59. The zero-order chi connectivity index (χ0) is 16.2. The van der Waals surface area contributed by atoms with Crippen LogP contribution in [0.25, 0.3) is 16.8 Å². The van der Waals surface area contributed by atoms with Gasteiger partial charge in [0.25, 0.3) is 0 Å². The Morgan fingerprint density at radius 1 is 1.00 bits per heavy atom. The standard InChI is InChI=1S/C20H15ClO2/c1-23-19-9-8-15-11-14(5-7-16(15)13-19)6-10-20(22)17-3-2-4-18(21)12-17/h2-13H,1H3/b10-6+. The van der Waals surface area contributed by atoms with Gasteiger partial charge in [-0.15, -0.1) is 0 Å². The van der Waals surface area contributed by atoms with Gasteiger partial charge in [0.15, 0.2) is 5.78 Å². The molecular formula is C20H15ClO2. The second-order valence-electron chi connectivity index (χ2n) is 5.18. The molecule has 3 aromatic rings. The van der Waals surface area contributed by atoms with Crippen molar-refractivity contribution in [2.24, 2.45) is 0 Å². The van der Waals surface area contributed by atoms with E-state index in [1.54, 1.807) is 37.5 Å². The van der Waals surface area contributed by atoms with Gasteiger partial charge in [0.1, 0.15) is 5.75 Å². The Bertz CT molecular complexity index is 897. The number of carbonyl (C=O) groups excluding carboxylic acids is 1. The summed E-state index contributed by atoms with van der Waals surface area (Å²) < 4.78 is 5.22. The first-order valence-corrected chi connectivity index (χ1v) is 7.59. The highest BCUT2D eigenvalue weighted by Gasteiger charge is 2.02. The summed E-state index contributed by atoms with van der Waals surface area (Å²) in [6.07, 6.45) is 3.38. The monoisotopic (exact) mass is 322 g/mol. The molecule has 0 saturated heterocycles. The van der Waals surface area contributed by atoms with Gasteiger partial charge in [-0.2, -0.15) is 0 Å². The molecule has 0 saturated carbocycles. The van der Waals surface area contributed by atoms with Gasteiger partial charge in [-0.1, -0.05) is 48.0 Å². The molecule has 0 spiro atoms. The molecule has 0 aliphatic rings. The molecule has 114 valence electrons. The highest BCUT2D eigenvalue weighted by Crippen LogP contribution is 2.22. The second-order valence-corrected chi connectivity index (χ2v) is 5.62. The van der Waals surface area contributed by atoms with E-state index in [2.05, 4.69) is 0 Å². The minimum absolute atomic E-state index is 0.0673. The van der Waals surface area contributed by atoms with Crippen LogP contribution in [0.15, 0.2) is 66.7 Å². The van der Waals surface area contributed by atoms with Crippen LogP contribution in [-0.4, -0.2) is 12.9 Å². The summed E-state index contributed by atoms with van der Waals surface area (Å²) in [7, 11) is 1.65. The summed E-state index contributed by atoms with van der Waals surface area (Å²) in [5, 5.41) is 2.76. The fourth-order valence-electron chi connectivity index (χ4n) is 2.38. The molecule has 0 fully saturated rings. The van der Waals surface area contributed by atoms with Crippen molar-refractivity contribution in [3.05, 3.63) is 82.9 Å². The zero-order valence-electron chi connectivity index (χ0n) is 12.6. The van der Waals surface area contributed by atoms with Crippen LogP contribution >= 0.6 is 11.6 Å². The Hall–Kier alpha value is -2.58. The van der Waals surface area contributed by atoms with E-state index < -0.39 is 0 Å². The summed E-state index contributed by atoms with van der Waals surface area (Å²) in [6, 6.07) is 18.9. The summed E-state index contributed by atoms with van der Waals surface area (Å²) in [5.41, 5.74) is 1.55. The molecule has 0 heterocycles. The van der Waals surface area contributed by atoms with Crippen LogP contribution in [0.3, 0.4) is 0 Å². The molecule has 0 radical (unpaired) electrons. The quantitative estimate of drug-likeness (QED) is 0.475. The number of ketones is 1. The van der Waals surface area contributed by atoms with Crippen LogP contribution in [0.5, 0.6) is 5.75 Å². The number of halogens is 1. The summed E-state index contributed by atoms with van der Waals surface area (Å²) in [4.78, 5) is 12.2. The number of allylic oxidation sites excluding steroid dienone is 1. The maximum atomic E-state index is 12.2. The topological polar surface area (TPSA) is 26.3 Å². The molecule has 2 nitrogen and oxygen atoms in total. The third-order valence-electron chi connectivity index (χ3n) is 3.61. The SMILES string of the molecule is COc1ccc2cc(/C=C/C(=O)c3cccc(Cl)c3)ccc2c1. The Labute approximate surface area is 140 Å². The van der Waals surface area contributed by atoms with Crippen molar-refractivity contribution >= 4 is 34.2 Å². The molecule has 0 atom stereocenters. The molecule has 3 heteroatoms. The molecule has 0 amide bonds.